The first-order valence-electron chi connectivity index (χ1n) is 12.9. The molecule has 3 aromatic rings. The lowest BCUT2D eigenvalue weighted by atomic mass is 9.63. The summed E-state index contributed by atoms with van der Waals surface area (Å²) in [7, 11) is 0. The van der Waals surface area contributed by atoms with Crippen LogP contribution in [0.25, 0.3) is 5.57 Å². The molecule has 1 fully saturated rings. The molecule has 0 aromatic heterocycles. The van der Waals surface area contributed by atoms with Crippen molar-refractivity contribution in [2.24, 2.45) is 11.3 Å². The second-order valence-electron chi connectivity index (χ2n) is 11.5. The number of hydrogen-bond donors (Lipinski definition) is 1. The number of Topliss-reactive ketones (excluding diaryl/α,β-unsaturated/α-hetero) is 2. The molecule has 0 saturated carbocycles. The first kappa shape index (κ1) is 24.3. The van der Waals surface area contributed by atoms with Crippen LogP contribution in [0.2, 0.25) is 0 Å². The lowest BCUT2D eigenvalue weighted by Crippen LogP contribution is -2.51. The molecule has 6 heteroatoms. The Bertz CT molecular complexity index is 1530. The largest absolute Gasteiger partial charge is 0.352 e. The number of benzene rings is 3. The van der Waals surface area contributed by atoms with Gasteiger partial charge >= 0.3 is 0 Å². The number of ketones is 2. The molecule has 3 aliphatic heterocycles. The average Bonchev–Trinajstić information content (AvgIpc) is 3.36. The van der Waals surface area contributed by atoms with Gasteiger partial charge in [-0.1, -0.05) is 63.2 Å². The van der Waals surface area contributed by atoms with Crippen molar-refractivity contribution in [3.05, 3.63) is 101 Å². The zero-order valence-corrected chi connectivity index (χ0v) is 21.8. The van der Waals surface area contributed by atoms with Gasteiger partial charge in [-0.25, -0.2) is 4.39 Å². The highest BCUT2D eigenvalue weighted by Gasteiger charge is 2.71. The maximum absolute atomic E-state index is 14.6. The van der Waals surface area contributed by atoms with Gasteiger partial charge in [0, 0.05) is 27.9 Å². The topological polar surface area (TPSA) is 66.5 Å². The van der Waals surface area contributed by atoms with Crippen molar-refractivity contribution in [2.75, 3.05) is 10.2 Å². The summed E-state index contributed by atoms with van der Waals surface area (Å²) >= 11 is 0. The predicted molar refractivity (Wildman–Crippen MR) is 146 cm³/mol. The van der Waals surface area contributed by atoms with Crippen molar-refractivity contribution >= 4 is 34.4 Å². The molecule has 192 valence electrons. The fourth-order valence-electron chi connectivity index (χ4n) is 6.62. The van der Waals surface area contributed by atoms with E-state index in [2.05, 4.69) is 5.32 Å². The minimum absolute atomic E-state index is 0.125. The van der Waals surface area contributed by atoms with Crippen molar-refractivity contribution in [1.29, 1.82) is 0 Å². The number of allylic oxidation sites excluding steroid dienone is 1. The molecule has 1 N–H and O–H groups in total. The monoisotopic (exact) mass is 508 g/mol. The molecule has 1 amide bonds. The van der Waals surface area contributed by atoms with Crippen LogP contribution in [0.1, 0.15) is 49.2 Å². The number of carbonyl (C=O) groups excluding carboxylic acids is 3. The Hall–Kier alpha value is -4.06. The summed E-state index contributed by atoms with van der Waals surface area (Å²) < 4.78 is 13.8. The Morgan fingerprint density at radius 2 is 1.61 bits per heavy atom. The third-order valence-corrected chi connectivity index (χ3v) is 8.30. The van der Waals surface area contributed by atoms with E-state index in [1.165, 1.54) is 24.3 Å². The number of carbonyl (C=O) groups is 3. The summed E-state index contributed by atoms with van der Waals surface area (Å²) in [5, 5.41) is 3.03. The van der Waals surface area contributed by atoms with Crippen molar-refractivity contribution in [2.45, 2.75) is 45.2 Å². The average molecular weight is 509 g/mol. The van der Waals surface area contributed by atoms with Gasteiger partial charge in [-0.15, -0.1) is 0 Å². The maximum atomic E-state index is 14.6. The Balaban J connectivity index is 1.70. The van der Waals surface area contributed by atoms with Crippen LogP contribution >= 0.6 is 0 Å². The number of fused-ring (bicyclic) bond motifs is 6. The summed E-state index contributed by atoms with van der Waals surface area (Å²) in [5.74, 6) is -2.28. The number of hydrogen-bond acceptors (Lipinski definition) is 4. The molecule has 0 bridgehead atoms. The van der Waals surface area contributed by atoms with Crippen LogP contribution in [0.4, 0.5) is 15.8 Å². The van der Waals surface area contributed by atoms with Crippen LogP contribution < -0.4 is 10.2 Å². The molecule has 4 atom stereocenters. The van der Waals surface area contributed by atoms with Gasteiger partial charge in [-0.05, 0) is 54.5 Å². The van der Waals surface area contributed by atoms with Crippen LogP contribution in [-0.4, -0.2) is 29.6 Å². The molecular formula is C32H29FN2O3. The van der Waals surface area contributed by atoms with Gasteiger partial charge in [-0.2, -0.15) is 0 Å². The van der Waals surface area contributed by atoms with E-state index in [1.54, 1.807) is 0 Å². The van der Waals surface area contributed by atoms with Gasteiger partial charge in [0.05, 0.1) is 12.0 Å². The SMILES string of the molecule is CC1=CC2N(c3ccccc31)C(C(=O)C(C)(C)C)C(C(=O)c1ccc(F)cc1)C21C(=O)Nc2ccccc21. The predicted octanol–water partition coefficient (Wildman–Crippen LogP) is 5.80. The number of halogens is 1. The molecule has 5 nitrogen and oxygen atoms in total. The van der Waals surface area contributed by atoms with Gasteiger partial charge in [0.2, 0.25) is 5.91 Å². The van der Waals surface area contributed by atoms with E-state index in [1.807, 2.05) is 87.2 Å². The van der Waals surface area contributed by atoms with Crippen molar-refractivity contribution in [1.82, 2.24) is 0 Å². The normalized spacial score (nSPS) is 25.4. The van der Waals surface area contributed by atoms with Crippen molar-refractivity contribution in [3.8, 4) is 0 Å². The number of nitrogens with zero attached hydrogens (tertiary/aromatic N) is 1. The van der Waals surface area contributed by atoms with Crippen LogP contribution in [0.5, 0.6) is 0 Å². The second kappa shape index (κ2) is 8.22. The highest BCUT2D eigenvalue weighted by molar-refractivity contribution is 6.17. The van der Waals surface area contributed by atoms with E-state index in [0.29, 0.717) is 11.3 Å². The van der Waals surface area contributed by atoms with Crippen LogP contribution in [0, 0.1) is 17.2 Å². The summed E-state index contributed by atoms with van der Waals surface area (Å²) in [6.07, 6.45) is 2.03. The van der Waals surface area contributed by atoms with Gasteiger partial charge in [-0.3, -0.25) is 14.4 Å². The second-order valence-corrected chi connectivity index (χ2v) is 11.5. The molecule has 0 aliphatic carbocycles. The minimum Gasteiger partial charge on any atom is -0.352 e. The summed E-state index contributed by atoms with van der Waals surface area (Å²) in [4.78, 5) is 45.2. The number of amides is 1. The molecular weight excluding hydrogens is 479 g/mol. The van der Waals surface area contributed by atoms with Crippen molar-refractivity contribution < 1.29 is 18.8 Å². The maximum Gasteiger partial charge on any atom is 0.238 e. The highest BCUT2D eigenvalue weighted by atomic mass is 19.1. The van der Waals surface area contributed by atoms with E-state index in [-0.39, 0.29) is 23.0 Å². The third kappa shape index (κ3) is 3.19. The van der Waals surface area contributed by atoms with E-state index in [4.69, 9.17) is 0 Å². The highest BCUT2D eigenvalue weighted by Crippen LogP contribution is 2.59. The van der Waals surface area contributed by atoms with Crippen molar-refractivity contribution in [3.63, 3.8) is 0 Å². The van der Waals surface area contributed by atoms with Gasteiger partial charge in [0.15, 0.2) is 11.6 Å². The smallest absolute Gasteiger partial charge is 0.238 e. The zero-order chi connectivity index (χ0) is 27.0. The molecule has 6 rings (SSSR count). The fraction of sp³-hybridized carbons (Fsp3) is 0.281. The molecule has 4 unspecified atom stereocenters. The Morgan fingerprint density at radius 3 is 2.32 bits per heavy atom. The first-order chi connectivity index (χ1) is 18.1. The van der Waals surface area contributed by atoms with Crippen LogP contribution in [0.15, 0.2) is 78.9 Å². The minimum atomic E-state index is -1.36. The Labute approximate surface area is 221 Å². The summed E-state index contributed by atoms with van der Waals surface area (Å²) in [6.45, 7) is 7.52. The molecule has 3 aliphatic rings. The zero-order valence-electron chi connectivity index (χ0n) is 21.8. The summed E-state index contributed by atoms with van der Waals surface area (Å²) in [5.41, 5.74) is 2.24. The molecule has 1 saturated heterocycles. The molecule has 3 heterocycles. The van der Waals surface area contributed by atoms with Gasteiger partial charge in [0.25, 0.3) is 0 Å². The number of anilines is 2. The number of rotatable bonds is 3. The fourth-order valence-corrected chi connectivity index (χ4v) is 6.62. The van der Waals surface area contributed by atoms with E-state index in [0.717, 1.165) is 16.8 Å². The lowest BCUT2D eigenvalue weighted by Gasteiger charge is -2.39. The van der Waals surface area contributed by atoms with Gasteiger partial charge < -0.3 is 10.2 Å². The Morgan fingerprint density at radius 1 is 0.947 bits per heavy atom. The standard InChI is InChI=1S/C32H29FN2O3/c1-18-17-25-32(22-10-6-7-11-23(22)34-30(32)38)26(28(36)19-13-15-20(33)16-14-19)27(29(37)31(2,3)4)35(25)24-12-8-5-9-21(18)24/h5-17,25-27H,1-4H3,(H,34,38). The molecule has 3 aromatic carbocycles. The molecule has 0 radical (unpaired) electrons. The number of nitrogens with one attached hydrogen (secondary N) is 1. The van der Waals surface area contributed by atoms with Gasteiger partial charge in [0.1, 0.15) is 17.3 Å². The molecule has 1 spiro atoms. The first-order valence-corrected chi connectivity index (χ1v) is 12.9. The van der Waals surface area contributed by atoms with E-state index < -0.39 is 34.6 Å². The Kier molecular flexibility index (Phi) is 5.25. The number of para-hydroxylation sites is 2. The quantitative estimate of drug-likeness (QED) is 0.454. The van der Waals surface area contributed by atoms with E-state index >= 15 is 0 Å². The lowest BCUT2D eigenvalue weighted by molar-refractivity contribution is -0.128. The van der Waals surface area contributed by atoms with Crippen LogP contribution in [0.3, 0.4) is 0 Å². The van der Waals surface area contributed by atoms with E-state index in [9.17, 15) is 18.8 Å². The summed E-state index contributed by atoms with van der Waals surface area (Å²) in [6, 6.07) is 19.1. The molecule has 38 heavy (non-hydrogen) atoms. The third-order valence-electron chi connectivity index (χ3n) is 8.30. The van der Waals surface area contributed by atoms with Crippen LogP contribution in [-0.2, 0) is 15.0 Å².